The SMILES string of the molecule is c1ccc(N(c2ccc(-c3ccc4c(c3)Cc3cc(-c5ccc6ccccc6c5)ccc3N4c3ccc4ccccc4c3)cc2)c2cccc3ccccc23)cc1. The van der Waals surface area contributed by atoms with E-state index in [1.165, 1.54) is 82.8 Å². The second kappa shape index (κ2) is 13.7. The third kappa shape index (κ3) is 5.91. The summed E-state index contributed by atoms with van der Waals surface area (Å²) < 4.78 is 0. The molecule has 0 saturated heterocycles. The number of hydrogen-bond donors (Lipinski definition) is 0. The van der Waals surface area contributed by atoms with Crippen molar-refractivity contribution >= 4 is 66.4 Å². The summed E-state index contributed by atoms with van der Waals surface area (Å²) in [5, 5.41) is 7.46. The average Bonchev–Trinajstić information content (AvgIpc) is 3.28. The first-order valence-electron chi connectivity index (χ1n) is 19.7. The van der Waals surface area contributed by atoms with Crippen LogP contribution >= 0.6 is 0 Å². The number of nitrogens with zero attached hydrogens (tertiary/aromatic N) is 2. The molecule has 0 spiro atoms. The Balaban J connectivity index is 1.000. The Hall–Kier alpha value is -7.42. The van der Waals surface area contributed by atoms with E-state index in [4.69, 9.17) is 0 Å². The zero-order valence-corrected chi connectivity index (χ0v) is 31.4. The van der Waals surface area contributed by atoms with Gasteiger partial charge in [0.15, 0.2) is 0 Å². The number of anilines is 6. The third-order valence-corrected chi connectivity index (χ3v) is 11.6. The Morgan fingerprint density at radius 1 is 0.333 bits per heavy atom. The van der Waals surface area contributed by atoms with Gasteiger partial charge in [0.05, 0.1) is 5.69 Å². The van der Waals surface area contributed by atoms with Crippen LogP contribution in [0.25, 0.3) is 54.6 Å². The summed E-state index contributed by atoms with van der Waals surface area (Å²) in [4.78, 5) is 4.82. The van der Waals surface area contributed by atoms with Gasteiger partial charge in [-0.1, -0.05) is 146 Å². The summed E-state index contributed by atoms with van der Waals surface area (Å²) in [5.74, 6) is 0. The molecule has 0 aromatic heterocycles. The quantitative estimate of drug-likeness (QED) is 0.168. The zero-order chi connectivity index (χ0) is 37.7. The predicted molar refractivity (Wildman–Crippen MR) is 242 cm³/mol. The van der Waals surface area contributed by atoms with Gasteiger partial charge >= 0.3 is 0 Å². The Morgan fingerprint density at radius 2 is 0.842 bits per heavy atom. The Bertz CT molecular complexity index is 3100. The highest BCUT2D eigenvalue weighted by Crippen LogP contribution is 2.47. The van der Waals surface area contributed by atoms with E-state index in [0.717, 1.165) is 23.5 Å². The topological polar surface area (TPSA) is 6.48 Å². The number of benzene rings is 10. The molecule has 1 heterocycles. The molecule has 0 atom stereocenters. The minimum atomic E-state index is 0.852. The Kier molecular flexibility index (Phi) is 7.93. The van der Waals surface area contributed by atoms with Crippen LogP contribution in [0.15, 0.2) is 218 Å². The highest BCUT2D eigenvalue weighted by atomic mass is 15.2. The summed E-state index contributed by atoms with van der Waals surface area (Å²) in [6, 6.07) is 79.8. The fourth-order valence-corrected chi connectivity index (χ4v) is 8.76. The van der Waals surface area contributed by atoms with Gasteiger partial charge in [0, 0.05) is 40.2 Å². The molecule has 11 rings (SSSR count). The van der Waals surface area contributed by atoms with Crippen molar-refractivity contribution in [2.45, 2.75) is 6.42 Å². The van der Waals surface area contributed by atoms with E-state index in [1.54, 1.807) is 0 Å². The van der Waals surface area contributed by atoms with E-state index in [-0.39, 0.29) is 0 Å². The molecule has 0 unspecified atom stereocenters. The van der Waals surface area contributed by atoms with E-state index >= 15 is 0 Å². The Morgan fingerprint density at radius 3 is 1.56 bits per heavy atom. The summed E-state index contributed by atoms with van der Waals surface area (Å²) in [5.41, 5.74) is 14.6. The smallest absolute Gasteiger partial charge is 0.0540 e. The minimum absolute atomic E-state index is 0.852. The Labute approximate surface area is 333 Å². The number of hydrogen-bond acceptors (Lipinski definition) is 2. The summed E-state index contributed by atoms with van der Waals surface area (Å²) in [6.45, 7) is 0. The van der Waals surface area contributed by atoms with Gasteiger partial charge in [0.25, 0.3) is 0 Å². The second-order valence-electron chi connectivity index (χ2n) is 15.0. The lowest BCUT2D eigenvalue weighted by Gasteiger charge is -2.34. The molecule has 57 heavy (non-hydrogen) atoms. The van der Waals surface area contributed by atoms with Crippen LogP contribution in [0, 0.1) is 0 Å². The van der Waals surface area contributed by atoms with Gasteiger partial charge in [-0.15, -0.1) is 0 Å². The lowest BCUT2D eigenvalue weighted by atomic mass is 9.89. The molecule has 268 valence electrons. The fourth-order valence-electron chi connectivity index (χ4n) is 8.76. The fraction of sp³-hybridized carbons (Fsp3) is 0.0182. The monoisotopic (exact) mass is 726 g/mol. The maximum absolute atomic E-state index is 2.46. The lowest BCUT2D eigenvalue weighted by molar-refractivity contribution is 1.09. The molecule has 1 aliphatic rings. The molecular formula is C55H38N2. The van der Waals surface area contributed by atoms with Gasteiger partial charge in [-0.2, -0.15) is 0 Å². The lowest BCUT2D eigenvalue weighted by Crippen LogP contribution is -2.18. The zero-order valence-electron chi connectivity index (χ0n) is 31.4. The summed E-state index contributed by atoms with van der Waals surface area (Å²) in [6.07, 6.45) is 0.852. The van der Waals surface area contributed by atoms with Crippen molar-refractivity contribution in [3.63, 3.8) is 0 Å². The number of para-hydroxylation sites is 1. The molecule has 10 aromatic carbocycles. The van der Waals surface area contributed by atoms with Crippen LogP contribution < -0.4 is 9.80 Å². The molecule has 0 saturated carbocycles. The second-order valence-corrected chi connectivity index (χ2v) is 15.0. The van der Waals surface area contributed by atoms with E-state index in [0.29, 0.717) is 0 Å². The van der Waals surface area contributed by atoms with Crippen molar-refractivity contribution in [3.05, 3.63) is 230 Å². The molecule has 0 fully saturated rings. The van der Waals surface area contributed by atoms with E-state index in [1.807, 2.05) is 0 Å². The maximum atomic E-state index is 2.46. The first kappa shape index (κ1) is 33.0. The normalized spacial score (nSPS) is 12.1. The third-order valence-electron chi connectivity index (χ3n) is 11.6. The first-order chi connectivity index (χ1) is 28.2. The largest absolute Gasteiger partial charge is 0.310 e. The van der Waals surface area contributed by atoms with E-state index in [9.17, 15) is 0 Å². The van der Waals surface area contributed by atoms with Crippen LogP contribution in [0.5, 0.6) is 0 Å². The van der Waals surface area contributed by atoms with Crippen molar-refractivity contribution in [1.29, 1.82) is 0 Å². The van der Waals surface area contributed by atoms with Crippen LogP contribution in [-0.4, -0.2) is 0 Å². The van der Waals surface area contributed by atoms with E-state index in [2.05, 4.69) is 228 Å². The van der Waals surface area contributed by atoms with Gasteiger partial charge in [-0.25, -0.2) is 0 Å². The van der Waals surface area contributed by atoms with Crippen molar-refractivity contribution in [1.82, 2.24) is 0 Å². The average molecular weight is 727 g/mol. The molecule has 0 bridgehead atoms. The van der Waals surface area contributed by atoms with Crippen LogP contribution in [0.2, 0.25) is 0 Å². The molecule has 0 aliphatic carbocycles. The van der Waals surface area contributed by atoms with Crippen LogP contribution in [-0.2, 0) is 6.42 Å². The van der Waals surface area contributed by atoms with Crippen LogP contribution in [0.4, 0.5) is 34.1 Å². The molecule has 10 aromatic rings. The molecule has 1 aliphatic heterocycles. The van der Waals surface area contributed by atoms with Crippen molar-refractivity contribution in [2.75, 3.05) is 9.80 Å². The standard InChI is InChI=1S/C55H38N2/c1-2-17-49(18-3-1)56(55-20-10-16-41-13-8-9-19-52(41)55)50-28-23-40(24-29-50)44-26-31-53-47(34-44)36-48-35-46(45-22-21-38-11-4-6-14-42(38)33-45)27-32-54(48)57(53)51-30-25-39-12-5-7-15-43(39)37-51/h1-35,37H,36H2. The van der Waals surface area contributed by atoms with Gasteiger partial charge in [0.2, 0.25) is 0 Å². The molecule has 0 N–H and O–H groups in total. The molecule has 0 radical (unpaired) electrons. The number of fused-ring (bicyclic) bond motifs is 5. The first-order valence-corrected chi connectivity index (χ1v) is 19.7. The van der Waals surface area contributed by atoms with Crippen molar-refractivity contribution in [3.8, 4) is 22.3 Å². The van der Waals surface area contributed by atoms with Crippen LogP contribution in [0.1, 0.15) is 11.1 Å². The molecular weight excluding hydrogens is 689 g/mol. The van der Waals surface area contributed by atoms with Crippen LogP contribution in [0.3, 0.4) is 0 Å². The van der Waals surface area contributed by atoms with Gasteiger partial charge < -0.3 is 9.80 Å². The predicted octanol–water partition coefficient (Wildman–Crippen LogP) is 15.3. The van der Waals surface area contributed by atoms with Gasteiger partial charge in [-0.05, 0) is 133 Å². The van der Waals surface area contributed by atoms with E-state index < -0.39 is 0 Å². The van der Waals surface area contributed by atoms with Crippen molar-refractivity contribution in [2.24, 2.45) is 0 Å². The van der Waals surface area contributed by atoms with Crippen molar-refractivity contribution < 1.29 is 0 Å². The number of rotatable bonds is 6. The highest BCUT2D eigenvalue weighted by molar-refractivity contribution is 5.99. The molecule has 2 nitrogen and oxygen atoms in total. The highest BCUT2D eigenvalue weighted by Gasteiger charge is 2.26. The molecule has 2 heteroatoms. The van der Waals surface area contributed by atoms with Gasteiger partial charge in [0.1, 0.15) is 0 Å². The molecule has 0 amide bonds. The maximum Gasteiger partial charge on any atom is 0.0540 e. The summed E-state index contributed by atoms with van der Waals surface area (Å²) >= 11 is 0. The summed E-state index contributed by atoms with van der Waals surface area (Å²) in [7, 11) is 0. The minimum Gasteiger partial charge on any atom is -0.310 e. The van der Waals surface area contributed by atoms with Gasteiger partial charge in [-0.3, -0.25) is 0 Å².